The van der Waals surface area contributed by atoms with Crippen LogP contribution in [0.4, 0.5) is 5.69 Å². The van der Waals surface area contributed by atoms with Crippen molar-refractivity contribution in [2.45, 2.75) is 11.8 Å². The summed E-state index contributed by atoms with van der Waals surface area (Å²) in [4.78, 5) is 14.5. The molecule has 1 aliphatic heterocycles. The first-order valence-corrected chi connectivity index (χ1v) is 14.3. The fourth-order valence-electron chi connectivity index (χ4n) is 3.15. The van der Waals surface area contributed by atoms with Crippen LogP contribution in [-0.4, -0.2) is 27.3 Å². The van der Waals surface area contributed by atoms with Crippen LogP contribution >= 0.6 is 35.3 Å². The van der Waals surface area contributed by atoms with E-state index in [4.69, 9.17) is 29.0 Å². The van der Waals surface area contributed by atoms with Gasteiger partial charge in [0.25, 0.3) is 0 Å². The largest absolute Gasteiger partial charge is 0.493 e. The standard InChI is InChI=1S/C36H13N3O3S3/c1-3-5-6-7-8-9-10-11-12-13-14-15-16-17-18-19-24-39-34(40)31(45-36(39)43)22-23-33-38(4-2)30-21-20-28(26-32(30)44-33)25-29(27-37)35(41)42/h1,20-22,25-26,40H,4H2,2H3,(H,41,42). The predicted molar refractivity (Wildman–Crippen MR) is 179 cm³/mol. The third-order valence-electron chi connectivity index (χ3n) is 4.96. The smallest absolute Gasteiger partial charge is 0.346 e. The molecule has 208 valence electrons. The summed E-state index contributed by atoms with van der Waals surface area (Å²) in [6.07, 6.45) is 7.90. The van der Waals surface area contributed by atoms with E-state index in [0.717, 1.165) is 26.9 Å². The second-order valence-corrected chi connectivity index (χ2v) is 10.4. The van der Waals surface area contributed by atoms with Crippen molar-refractivity contribution in [1.82, 2.24) is 4.57 Å². The Bertz CT molecular complexity index is 2360. The molecule has 0 radical (unpaired) electrons. The number of fused-ring (bicyclic) bond motifs is 1. The summed E-state index contributed by atoms with van der Waals surface area (Å²) in [5.41, 5.74) is 4.37. The Morgan fingerprint density at radius 1 is 0.978 bits per heavy atom. The van der Waals surface area contributed by atoms with Crippen molar-refractivity contribution in [2.75, 3.05) is 11.4 Å². The minimum atomic E-state index is -1.29. The molecule has 2 aromatic rings. The molecule has 6 nitrogen and oxygen atoms in total. The van der Waals surface area contributed by atoms with Gasteiger partial charge in [0.1, 0.15) is 16.7 Å². The van der Waals surface area contributed by atoms with Gasteiger partial charge < -0.3 is 15.1 Å². The quantitative estimate of drug-likeness (QED) is 0.169. The monoisotopic (exact) mass is 631 g/mol. The Morgan fingerprint density at radius 3 is 2.09 bits per heavy atom. The molecule has 2 N–H and O–H groups in total. The number of carbonyl (C=O) groups is 1. The van der Waals surface area contributed by atoms with E-state index < -0.39 is 5.97 Å². The number of hydrogen-bond donors (Lipinski definition) is 2. The lowest BCUT2D eigenvalue weighted by atomic mass is 10.1. The molecule has 0 amide bonds. The summed E-state index contributed by atoms with van der Waals surface area (Å²) in [5, 5.41) is 29.6. The summed E-state index contributed by atoms with van der Waals surface area (Å²) < 4.78 is 1.56. The minimum Gasteiger partial charge on any atom is -0.493 e. The van der Waals surface area contributed by atoms with Gasteiger partial charge >= 0.3 is 5.97 Å². The van der Waals surface area contributed by atoms with E-state index in [2.05, 4.69) is 107 Å². The molecule has 0 atom stereocenters. The van der Waals surface area contributed by atoms with E-state index in [1.165, 1.54) is 22.4 Å². The van der Waals surface area contributed by atoms with Crippen molar-refractivity contribution < 1.29 is 15.0 Å². The van der Waals surface area contributed by atoms with E-state index >= 15 is 0 Å². The Hall–Kier alpha value is -6.72. The van der Waals surface area contributed by atoms with Gasteiger partial charge in [0, 0.05) is 70.9 Å². The van der Waals surface area contributed by atoms with Crippen LogP contribution in [0.25, 0.3) is 12.2 Å². The number of hydrogen-bond acceptors (Lipinski definition) is 7. The van der Waals surface area contributed by atoms with E-state index in [1.807, 2.05) is 24.0 Å². The van der Waals surface area contributed by atoms with Crippen molar-refractivity contribution in [3.63, 3.8) is 0 Å². The first-order valence-electron chi connectivity index (χ1n) is 12.2. The van der Waals surface area contributed by atoms with Crippen LogP contribution in [0.2, 0.25) is 0 Å². The van der Waals surface area contributed by atoms with Crippen LogP contribution in [-0.2, 0) is 4.79 Å². The Morgan fingerprint density at radius 2 is 1.56 bits per heavy atom. The summed E-state index contributed by atoms with van der Waals surface area (Å²) in [6.45, 7) is 2.63. The van der Waals surface area contributed by atoms with Gasteiger partial charge in [0.05, 0.1) is 10.6 Å². The van der Waals surface area contributed by atoms with Gasteiger partial charge in [0.15, 0.2) is 3.95 Å². The molecule has 0 unspecified atom stereocenters. The number of aromatic nitrogens is 1. The average Bonchev–Trinajstić information content (AvgIpc) is 3.52. The molecule has 0 bridgehead atoms. The zero-order valence-corrected chi connectivity index (χ0v) is 25.5. The topological polar surface area (TPSA) is 89.5 Å². The Kier molecular flexibility index (Phi) is 12.6. The van der Waals surface area contributed by atoms with E-state index in [1.54, 1.807) is 18.2 Å². The van der Waals surface area contributed by atoms with Crippen molar-refractivity contribution in [2.24, 2.45) is 0 Å². The number of anilines is 1. The number of carboxylic acids is 1. The molecular weight excluding hydrogens is 619 g/mol. The highest BCUT2D eigenvalue weighted by atomic mass is 32.2. The molecule has 9 heteroatoms. The second kappa shape index (κ2) is 17.3. The summed E-state index contributed by atoms with van der Waals surface area (Å²) >= 11 is 7.93. The van der Waals surface area contributed by atoms with E-state index in [0.29, 0.717) is 20.9 Å². The Labute approximate surface area is 274 Å². The van der Waals surface area contributed by atoms with Gasteiger partial charge in [-0.15, -0.1) is 6.42 Å². The molecule has 1 aromatic carbocycles. The van der Waals surface area contributed by atoms with Gasteiger partial charge in [-0.3, -0.25) is 0 Å². The first kappa shape index (κ1) is 32.8. The third kappa shape index (κ3) is 9.67. The molecule has 0 fully saturated rings. The number of aliphatic carboxylic acids is 1. The SMILES string of the molecule is C#CC#CC#CC#CC#CC#CC#CC#CC#Cn1c(O)c(C=C=C2Sc3cc(C=C(C#N)C(=O)O)ccc3N2CC)sc1=S. The van der Waals surface area contributed by atoms with Gasteiger partial charge in [-0.05, 0) is 90.3 Å². The third-order valence-corrected chi connectivity index (χ3v) is 7.35. The zero-order valence-electron chi connectivity index (χ0n) is 23.0. The van der Waals surface area contributed by atoms with Gasteiger partial charge in [-0.1, -0.05) is 34.9 Å². The highest BCUT2D eigenvalue weighted by Gasteiger charge is 2.24. The van der Waals surface area contributed by atoms with Crippen molar-refractivity contribution in [1.29, 1.82) is 5.26 Å². The molecule has 1 aromatic heterocycles. The molecule has 0 spiro atoms. The molecular formula is C36H13N3O3S3. The maximum atomic E-state index is 11.2. The van der Waals surface area contributed by atoms with E-state index in [9.17, 15) is 9.90 Å². The number of terminal acetylenes is 1. The van der Waals surface area contributed by atoms with Crippen molar-refractivity contribution >= 4 is 59.1 Å². The normalized spacial score (nSPS) is 9.62. The van der Waals surface area contributed by atoms with Gasteiger partial charge in [-0.25, -0.2) is 9.36 Å². The highest BCUT2D eigenvalue weighted by molar-refractivity contribution is 8.03. The minimum absolute atomic E-state index is 0.147. The number of thiazole rings is 1. The molecule has 1 aliphatic rings. The lowest BCUT2D eigenvalue weighted by molar-refractivity contribution is -0.132. The number of aromatic hydroxyl groups is 1. The van der Waals surface area contributed by atoms with E-state index in [-0.39, 0.29) is 11.5 Å². The highest BCUT2D eigenvalue weighted by Crippen LogP contribution is 2.46. The number of thioether (sulfide) groups is 1. The molecule has 0 saturated heterocycles. The molecule has 0 aliphatic carbocycles. The van der Waals surface area contributed by atoms with Gasteiger partial charge in [-0.2, -0.15) is 5.26 Å². The fourth-order valence-corrected chi connectivity index (χ4v) is 5.41. The average molecular weight is 632 g/mol. The maximum absolute atomic E-state index is 11.2. The second-order valence-electron chi connectivity index (χ2n) is 7.66. The summed E-state index contributed by atoms with van der Waals surface area (Å²) in [5.74, 6) is 38.0. The first-order chi connectivity index (χ1) is 21.9. The van der Waals surface area contributed by atoms with Crippen LogP contribution in [0.3, 0.4) is 0 Å². The molecule has 2 heterocycles. The van der Waals surface area contributed by atoms with Crippen molar-refractivity contribution in [3.05, 3.63) is 48.9 Å². The molecule has 3 rings (SSSR count). The van der Waals surface area contributed by atoms with Gasteiger partial charge in [0.2, 0.25) is 5.88 Å². The lowest BCUT2D eigenvalue weighted by Crippen LogP contribution is -2.15. The Balaban J connectivity index is 1.72. The number of benzene rings is 1. The predicted octanol–water partition coefficient (Wildman–Crippen LogP) is 4.53. The zero-order chi connectivity index (χ0) is 32.4. The van der Waals surface area contributed by atoms with Crippen LogP contribution in [0.1, 0.15) is 17.4 Å². The number of nitrogens with zero attached hydrogens (tertiary/aromatic N) is 3. The molecule has 45 heavy (non-hydrogen) atoms. The summed E-state index contributed by atoms with van der Waals surface area (Å²) in [6, 6.07) is 9.79. The van der Waals surface area contributed by atoms with Crippen LogP contribution < -0.4 is 4.90 Å². The van der Waals surface area contributed by atoms with Crippen LogP contribution in [0.15, 0.2) is 39.4 Å². The molecule has 0 saturated carbocycles. The number of carboxylic acid groups (broad SMARTS) is 1. The summed E-state index contributed by atoms with van der Waals surface area (Å²) in [7, 11) is 0. The maximum Gasteiger partial charge on any atom is 0.346 e. The lowest BCUT2D eigenvalue weighted by Gasteiger charge is -2.16. The van der Waals surface area contributed by atoms with Crippen LogP contribution in [0, 0.1) is 122 Å². The van der Waals surface area contributed by atoms with Crippen LogP contribution in [0.5, 0.6) is 5.88 Å². The number of rotatable bonds is 4. The fraction of sp³-hybridized carbons (Fsp3) is 0.0556. The van der Waals surface area contributed by atoms with Crippen molar-refractivity contribution in [3.8, 4) is 119 Å². The number of nitriles is 1.